The Bertz CT molecular complexity index is 1970. The second-order valence-electron chi connectivity index (χ2n) is 12.9. The Hall–Kier alpha value is -4.59. The van der Waals surface area contributed by atoms with Crippen molar-refractivity contribution in [2.45, 2.75) is 78.3 Å². The van der Waals surface area contributed by atoms with Crippen molar-refractivity contribution >= 4 is 39.7 Å². The number of carbonyl (C=O) groups excluding carboxylic acids is 2. The number of benzene rings is 2. The van der Waals surface area contributed by atoms with Crippen LogP contribution in [0.5, 0.6) is 0 Å². The standard InChI is InChI=1S/C37H40FN5O2/c1-22(24(3)44)18-25-12-15-30-33(19-25)42(6)36(40-30)37(4,5)41-35(45)26-13-17-32-29(20-26)23(2)34(31-16-14-27(38)21-39-31)43(32)28-10-8-7-9-11-28/h12-21,28H,7-11H2,1-6H3,(H,41,45)/b22-18+. The van der Waals surface area contributed by atoms with Gasteiger partial charge in [-0.15, -0.1) is 0 Å². The van der Waals surface area contributed by atoms with Crippen LogP contribution >= 0.6 is 0 Å². The zero-order chi connectivity index (χ0) is 32.0. The molecule has 2 aromatic carbocycles. The number of pyridine rings is 1. The Morgan fingerprint density at radius 3 is 2.44 bits per heavy atom. The molecule has 3 aromatic heterocycles. The van der Waals surface area contributed by atoms with E-state index in [0.29, 0.717) is 17.2 Å². The number of nitrogens with zero attached hydrogens (tertiary/aromatic N) is 4. The first kappa shape index (κ1) is 30.4. The second kappa shape index (κ2) is 11.7. The molecular formula is C37H40FN5O2. The Kier molecular flexibility index (Phi) is 7.93. The quantitative estimate of drug-likeness (QED) is 0.190. The highest BCUT2D eigenvalue weighted by atomic mass is 19.1. The highest BCUT2D eigenvalue weighted by Gasteiger charge is 2.30. The molecule has 1 aliphatic carbocycles. The van der Waals surface area contributed by atoms with Gasteiger partial charge in [0.25, 0.3) is 5.91 Å². The number of nitrogens with one attached hydrogen (secondary N) is 1. The number of hydrogen-bond acceptors (Lipinski definition) is 4. The number of imidazole rings is 1. The van der Waals surface area contributed by atoms with E-state index in [9.17, 15) is 14.0 Å². The predicted molar refractivity (Wildman–Crippen MR) is 178 cm³/mol. The van der Waals surface area contributed by atoms with Crippen LogP contribution in [0.3, 0.4) is 0 Å². The summed E-state index contributed by atoms with van der Waals surface area (Å²) in [6.07, 6.45) is 8.89. The summed E-state index contributed by atoms with van der Waals surface area (Å²) >= 11 is 0. The molecule has 1 N–H and O–H groups in total. The number of fused-ring (bicyclic) bond motifs is 2. The number of aromatic nitrogens is 4. The average molecular weight is 606 g/mol. The van der Waals surface area contributed by atoms with Crippen LogP contribution in [0, 0.1) is 12.7 Å². The van der Waals surface area contributed by atoms with E-state index in [1.54, 1.807) is 13.0 Å². The molecule has 0 atom stereocenters. The zero-order valence-electron chi connectivity index (χ0n) is 26.9. The fourth-order valence-electron chi connectivity index (χ4n) is 6.79. The summed E-state index contributed by atoms with van der Waals surface area (Å²) in [5.41, 5.74) is 6.94. The van der Waals surface area contributed by atoms with Crippen LogP contribution in [0.2, 0.25) is 0 Å². The van der Waals surface area contributed by atoms with Crippen molar-refractivity contribution < 1.29 is 14.0 Å². The highest BCUT2D eigenvalue weighted by molar-refractivity contribution is 6.01. The summed E-state index contributed by atoms with van der Waals surface area (Å²) in [5.74, 6) is 0.202. The first-order valence-electron chi connectivity index (χ1n) is 15.7. The summed E-state index contributed by atoms with van der Waals surface area (Å²) in [6, 6.07) is 15.3. The average Bonchev–Trinajstić information content (AvgIpc) is 3.51. The third-order valence-electron chi connectivity index (χ3n) is 9.26. The molecule has 0 radical (unpaired) electrons. The minimum atomic E-state index is -0.780. The minimum absolute atomic E-state index is 0.0342. The summed E-state index contributed by atoms with van der Waals surface area (Å²) in [7, 11) is 1.94. The number of rotatable bonds is 7. The second-order valence-corrected chi connectivity index (χ2v) is 12.9. The van der Waals surface area contributed by atoms with E-state index in [-0.39, 0.29) is 17.5 Å². The van der Waals surface area contributed by atoms with Gasteiger partial charge in [-0.1, -0.05) is 25.3 Å². The molecule has 0 spiro atoms. The van der Waals surface area contributed by atoms with E-state index in [1.807, 2.05) is 74.9 Å². The van der Waals surface area contributed by atoms with Gasteiger partial charge in [-0.3, -0.25) is 14.6 Å². The summed E-state index contributed by atoms with van der Waals surface area (Å²) < 4.78 is 18.2. The van der Waals surface area contributed by atoms with E-state index < -0.39 is 5.54 Å². The normalized spacial score (nSPS) is 14.8. The van der Waals surface area contributed by atoms with E-state index in [4.69, 9.17) is 4.98 Å². The van der Waals surface area contributed by atoms with Gasteiger partial charge in [-0.25, -0.2) is 9.37 Å². The zero-order valence-corrected chi connectivity index (χ0v) is 26.9. The molecule has 232 valence electrons. The van der Waals surface area contributed by atoms with Crippen LogP contribution < -0.4 is 5.32 Å². The van der Waals surface area contributed by atoms with Gasteiger partial charge in [0, 0.05) is 29.6 Å². The molecule has 0 bridgehead atoms. The van der Waals surface area contributed by atoms with Crippen LogP contribution in [0.15, 0.2) is 60.3 Å². The van der Waals surface area contributed by atoms with E-state index >= 15 is 0 Å². The maximum Gasteiger partial charge on any atom is 0.252 e. The van der Waals surface area contributed by atoms with E-state index in [2.05, 4.69) is 21.8 Å². The van der Waals surface area contributed by atoms with Crippen molar-refractivity contribution in [3.8, 4) is 11.4 Å². The van der Waals surface area contributed by atoms with Gasteiger partial charge < -0.3 is 14.5 Å². The highest BCUT2D eigenvalue weighted by Crippen LogP contribution is 2.40. The number of aryl methyl sites for hydroxylation is 2. The molecule has 1 saturated carbocycles. The van der Waals surface area contributed by atoms with Crippen molar-refractivity contribution in [3.63, 3.8) is 0 Å². The van der Waals surface area contributed by atoms with Crippen LogP contribution in [0.1, 0.15) is 93.2 Å². The number of amides is 1. The predicted octanol–water partition coefficient (Wildman–Crippen LogP) is 8.20. The molecule has 1 fully saturated rings. The molecular weight excluding hydrogens is 565 g/mol. The maximum absolute atomic E-state index is 13.8. The van der Waals surface area contributed by atoms with Crippen LogP contribution in [0.25, 0.3) is 39.4 Å². The van der Waals surface area contributed by atoms with Gasteiger partial charge in [0.2, 0.25) is 0 Å². The minimum Gasteiger partial charge on any atom is -0.340 e. The van der Waals surface area contributed by atoms with Crippen molar-refractivity contribution in [1.82, 2.24) is 24.4 Å². The molecule has 1 aliphatic rings. The van der Waals surface area contributed by atoms with Crippen molar-refractivity contribution in [2.24, 2.45) is 7.05 Å². The maximum atomic E-state index is 13.8. The number of carbonyl (C=O) groups is 2. The topological polar surface area (TPSA) is 81.8 Å². The molecule has 3 heterocycles. The number of hydrogen-bond donors (Lipinski definition) is 1. The Morgan fingerprint density at radius 2 is 1.76 bits per heavy atom. The lowest BCUT2D eigenvalue weighted by atomic mass is 9.95. The molecule has 8 heteroatoms. The Balaban J connectivity index is 1.35. The number of allylic oxidation sites excluding steroid dienone is 1. The van der Waals surface area contributed by atoms with Crippen LogP contribution in [-0.2, 0) is 17.4 Å². The largest absolute Gasteiger partial charge is 0.340 e. The van der Waals surface area contributed by atoms with Crippen LogP contribution in [0.4, 0.5) is 4.39 Å². The lowest BCUT2D eigenvalue weighted by Gasteiger charge is -2.27. The van der Waals surface area contributed by atoms with Crippen molar-refractivity contribution in [1.29, 1.82) is 0 Å². The van der Waals surface area contributed by atoms with Crippen LogP contribution in [-0.4, -0.2) is 30.8 Å². The summed E-state index contributed by atoms with van der Waals surface area (Å²) in [5, 5.41) is 4.22. The molecule has 0 unspecified atom stereocenters. The van der Waals surface area contributed by atoms with Gasteiger partial charge in [0.1, 0.15) is 11.6 Å². The molecule has 0 saturated heterocycles. The van der Waals surface area contributed by atoms with Gasteiger partial charge >= 0.3 is 0 Å². The molecule has 45 heavy (non-hydrogen) atoms. The fourth-order valence-corrected chi connectivity index (χ4v) is 6.79. The van der Waals surface area contributed by atoms with Gasteiger partial charge in [-0.2, -0.15) is 0 Å². The molecule has 0 aliphatic heterocycles. The summed E-state index contributed by atoms with van der Waals surface area (Å²) in [6.45, 7) is 9.34. The van der Waals surface area contributed by atoms with Gasteiger partial charge in [0.05, 0.1) is 34.2 Å². The first-order chi connectivity index (χ1) is 21.4. The SMILES string of the molecule is CC(=O)/C(C)=C/c1ccc2nc(C(C)(C)NC(=O)c3ccc4c(c3)c(C)c(-c3ccc(F)cn3)n4C3CCCCC3)n(C)c2c1. The Morgan fingerprint density at radius 1 is 1.00 bits per heavy atom. The fraction of sp³-hybridized carbons (Fsp3) is 0.351. The molecule has 6 rings (SSSR count). The van der Waals surface area contributed by atoms with Gasteiger partial charge in [-0.05, 0) is 113 Å². The lowest BCUT2D eigenvalue weighted by molar-refractivity contribution is -0.113. The number of Topliss-reactive ketones (excluding diaryl/α,β-unsaturated/α-hetero) is 1. The third-order valence-corrected chi connectivity index (χ3v) is 9.26. The van der Waals surface area contributed by atoms with Crippen molar-refractivity contribution in [3.05, 3.63) is 88.6 Å². The molecule has 5 aromatic rings. The number of ketones is 1. The number of halogens is 1. The van der Waals surface area contributed by atoms with E-state index in [0.717, 1.165) is 63.1 Å². The third kappa shape index (κ3) is 5.70. The first-order valence-corrected chi connectivity index (χ1v) is 15.7. The molecule has 1 amide bonds. The smallest absolute Gasteiger partial charge is 0.252 e. The Labute approximate surface area is 263 Å². The molecule has 7 nitrogen and oxygen atoms in total. The lowest BCUT2D eigenvalue weighted by Crippen LogP contribution is -2.42. The summed E-state index contributed by atoms with van der Waals surface area (Å²) in [4.78, 5) is 34.9. The monoisotopic (exact) mass is 605 g/mol. The van der Waals surface area contributed by atoms with E-state index in [1.165, 1.54) is 31.5 Å². The van der Waals surface area contributed by atoms with Gasteiger partial charge in [0.15, 0.2) is 5.78 Å². The van der Waals surface area contributed by atoms with Crippen molar-refractivity contribution in [2.75, 3.05) is 0 Å².